The molecule has 0 atom stereocenters. The third kappa shape index (κ3) is 2.50. The monoisotopic (exact) mass is 250 g/mol. The average molecular weight is 250 g/mol. The summed E-state index contributed by atoms with van der Waals surface area (Å²) < 4.78 is 0. The fourth-order valence-corrected chi connectivity index (χ4v) is 2.14. The first-order valence-electron chi connectivity index (χ1n) is 6.23. The van der Waals surface area contributed by atoms with Gasteiger partial charge in [0.05, 0.1) is 5.52 Å². The van der Waals surface area contributed by atoms with Crippen LogP contribution in [0.3, 0.4) is 0 Å². The van der Waals surface area contributed by atoms with E-state index >= 15 is 0 Å². The van der Waals surface area contributed by atoms with Gasteiger partial charge in [0, 0.05) is 23.7 Å². The van der Waals surface area contributed by atoms with Crippen molar-refractivity contribution < 1.29 is 0 Å². The Labute approximate surface area is 110 Å². The van der Waals surface area contributed by atoms with E-state index in [1.165, 1.54) is 5.56 Å². The van der Waals surface area contributed by atoms with Gasteiger partial charge in [0.1, 0.15) is 0 Å². The number of para-hydroxylation sites is 1. The Morgan fingerprint density at radius 3 is 2.53 bits per heavy atom. The second kappa shape index (κ2) is 4.98. The second-order valence-corrected chi connectivity index (χ2v) is 4.43. The number of rotatable bonds is 3. The molecule has 0 amide bonds. The first-order chi connectivity index (χ1) is 9.33. The van der Waals surface area contributed by atoms with Gasteiger partial charge in [-0.2, -0.15) is 0 Å². The summed E-state index contributed by atoms with van der Waals surface area (Å²) >= 11 is 0. The Bertz CT molecular complexity index is 747. The van der Waals surface area contributed by atoms with Crippen LogP contribution in [0.2, 0.25) is 0 Å². The molecule has 3 aromatic rings. The van der Waals surface area contributed by atoms with Crippen LogP contribution in [0.1, 0.15) is 5.56 Å². The zero-order chi connectivity index (χ0) is 13.1. The minimum atomic E-state index is -0.0886. The minimum Gasteiger partial charge on any atom is -0.380 e. The van der Waals surface area contributed by atoms with E-state index < -0.39 is 0 Å². The highest BCUT2D eigenvalue weighted by Gasteiger charge is 2.02. The maximum absolute atomic E-state index is 11.6. The summed E-state index contributed by atoms with van der Waals surface area (Å²) in [7, 11) is 0. The summed E-state index contributed by atoms with van der Waals surface area (Å²) in [6.45, 7) is 0.703. The van der Waals surface area contributed by atoms with Gasteiger partial charge in [-0.15, -0.1) is 0 Å². The normalized spacial score (nSPS) is 10.5. The summed E-state index contributed by atoms with van der Waals surface area (Å²) in [5.41, 5.74) is 2.81. The third-order valence-corrected chi connectivity index (χ3v) is 3.08. The van der Waals surface area contributed by atoms with E-state index in [0.29, 0.717) is 6.54 Å². The number of pyridine rings is 1. The van der Waals surface area contributed by atoms with Gasteiger partial charge in [0.2, 0.25) is 5.56 Å². The van der Waals surface area contributed by atoms with E-state index in [1.807, 2.05) is 42.5 Å². The quantitative estimate of drug-likeness (QED) is 0.750. The molecule has 0 fully saturated rings. The Balaban J connectivity index is 1.94. The summed E-state index contributed by atoms with van der Waals surface area (Å²) in [5.74, 6) is 0. The van der Waals surface area contributed by atoms with Gasteiger partial charge in [-0.1, -0.05) is 48.5 Å². The van der Waals surface area contributed by atoms with Crippen molar-refractivity contribution in [2.45, 2.75) is 6.54 Å². The first-order valence-corrected chi connectivity index (χ1v) is 6.23. The molecule has 0 aliphatic heterocycles. The molecule has 0 unspecified atom stereocenters. The van der Waals surface area contributed by atoms with Crippen molar-refractivity contribution in [3.05, 3.63) is 76.6 Å². The van der Waals surface area contributed by atoms with Gasteiger partial charge in [0.25, 0.3) is 0 Å². The average Bonchev–Trinajstić information content (AvgIpc) is 2.45. The van der Waals surface area contributed by atoms with Crippen molar-refractivity contribution in [1.29, 1.82) is 0 Å². The van der Waals surface area contributed by atoms with Crippen LogP contribution < -0.4 is 10.9 Å². The van der Waals surface area contributed by atoms with Crippen LogP contribution in [0.4, 0.5) is 5.69 Å². The van der Waals surface area contributed by atoms with E-state index in [4.69, 9.17) is 0 Å². The van der Waals surface area contributed by atoms with Crippen LogP contribution in [0.25, 0.3) is 10.9 Å². The highest BCUT2D eigenvalue weighted by Crippen LogP contribution is 2.19. The molecule has 0 spiro atoms. The number of aromatic amines is 1. The van der Waals surface area contributed by atoms with E-state index in [0.717, 1.165) is 16.6 Å². The molecule has 0 aliphatic rings. The van der Waals surface area contributed by atoms with Gasteiger partial charge in [-0.05, 0) is 11.6 Å². The highest BCUT2D eigenvalue weighted by atomic mass is 16.1. The van der Waals surface area contributed by atoms with Gasteiger partial charge < -0.3 is 10.3 Å². The molecule has 3 nitrogen and oxygen atoms in total. The van der Waals surface area contributed by atoms with Gasteiger partial charge in [0.15, 0.2) is 0 Å². The van der Waals surface area contributed by atoms with E-state index in [1.54, 1.807) is 6.07 Å². The highest BCUT2D eigenvalue weighted by molar-refractivity contribution is 5.90. The molecule has 0 saturated heterocycles. The number of hydrogen-bond donors (Lipinski definition) is 2. The zero-order valence-corrected chi connectivity index (χ0v) is 10.4. The SMILES string of the molecule is O=c1cc(NCc2ccccc2)c2ccccc2[nH]1. The summed E-state index contributed by atoms with van der Waals surface area (Å²) in [6.07, 6.45) is 0. The molecule has 0 bridgehead atoms. The number of hydrogen-bond acceptors (Lipinski definition) is 2. The van der Waals surface area contributed by atoms with Crippen molar-refractivity contribution in [1.82, 2.24) is 4.98 Å². The Kier molecular flexibility index (Phi) is 3.02. The third-order valence-electron chi connectivity index (χ3n) is 3.08. The van der Waals surface area contributed by atoms with Crippen LogP contribution in [0, 0.1) is 0 Å². The van der Waals surface area contributed by atoms with Crippen LogP contribution in [0.5, 0.6) is 0 Å². The first kappa shape index (κ1) is 11.5. The van der Waals surface area contributed by atoms with Crippen LogP contribution in [0.15, 0.2) is 65.5 Å². The standard InChI is InChI=1S/C16H14N2O/c19-16-10-15(13-8-4-5-9-14(13)18-16)17-11-12-6-2-1-3-7-12/h1-10H,11H2,(H2,17,18,19). The van der Waals surface area contributed by atoms with Crippen molar-refractivity contribution in [3.8, 4) is 0 Å². The molecule has 0 saturated carbocycles. The molecule has 3 rings (SSSR count). The molecule has 2 aromatic carbocycles. The van der Waals surface area contributed by atoms with Crippen molar-refractivity contribution >= 4 is 16.6 Å². The number of fused-ring (bicyclic) bond motifs is 1. The van der Waals surface area contributed by atoms with E-state index in [2.05, 4.69) is 22.4 Å². The predicted molar refractivity (Wildman–Crippen MR) is 78.3 cm³/mol. The number of nitrogens with one attached hydrogen (secondary N) is 2. The molecular weight excluding hydrogens is 236 g/mol. The Morgan fingerprint density at radius 1 is 0.947 bits per heavy atom. The van der Waals surface area contributed by atoms with E-state index in [-0.39, 0.29) is 5.56 Å². The largest absolute Gasteiger partial charge is 0.380 e. The maximum Gasteiger partial charge on any atom is 0.250 e. The van der Waals surface area contributed by atoms with Crippen LogP contribution >= 0.6 is 0 Å². The fourth-order valence-electron chi connectivity index (χ4n) is 2.14. The molecule has 1 heterocycles. The molecule has 0 aliphatic carbocycles. The Hall–Kier alpha value is -2.55. The number of aromatic nitrogens is 1. The molecule has 94 valence electrons. The number of H-pyrrole nitrogens is 1. The lowest BCUT2D eigenvalue weighted by Gasteiger charge is -2.09. The smallest absolute Gasteiger partial charge is 0.250 e. The number of anilines is 1. The van der Waals surface area contributed by atoms with Crippen molar-refractivity contribution in [2.75, 3.05) is 5.32 Å². The van der Waals surface area contributed by atoms with Crippen molar-refractivity contribution in [2.24, 2.45) is 0 Å². The molecule has 0 radical (unpaired) electrons. The van der Waals surface area contributed by atoms with Crippen LogP contribution in [-0.2, 0) is 6.54 Å². The van der Waals surface area contributed by atoms with Gasteiger partial charge in [-0.25, -0.2) is 0 Å². The molecule has 2 N–H and O–H groups in total. The molecular formula is C16H14N2O. The topological polar surface area (TPSA) is 44.9 Å². The molecule has 3 heteroatoms. The fraction of sp³-hybridized carbons (Fsp3) is 0.0625. The van der Waals surface area contributed by atoms with Gasteiger partial charge >= 0.3 is 0 Å². The van der Waals surface area contributed by atoms with Gasteiger partial charge in [-0.3, -0.25) is 4.79 Å². The summed E-state index contributed by atoms with van der Waals surface area (Å²) in [4.78, 5) is 14.5. The summed E-state index contributed by atoms with van der Waals surface area (Å²) in [5, 5.41) is 4.35. The second-order valence-electron chi connectivity index (χ2n) is 4.43. The maximum atomic E-state index is 11.6. The lowest BCUT2D eigenvalue weighted by Crippen LogP contribution is -2.08. The molecule has 19 heavy (non-hydrogen) atoms. The zero-order valence-electron chi connectivity index (χ0n) is 10.4. The molecule has 1 aromatic heterocycles. The number of benzene rings is 2. The lowest BCUT2D eigenvalue weighted by molar-refractivity contribution is 1.15. The minimum absolute atomic E-state index is 0.0886. The summed E-state index contributed by atoms with van der Waals surface area (Å²) in [6, 6.07) is 19.5. The lowest BCUT2D eigenvalue weighted by atomic mass is 10.1. The van der Waals surface area contributed by atoms with E-state index in [9.17, 15) is 4.79 Å². The Morgan fingerprint density at radius 2 is 1.68 bits per heavy atom. The predicted octanol–water partition coefficient (Wildman–Crippen LogP) is 3.14. The van der Waals surface area contributed by atoms with Crippen molar-refractivity contribution in [3.63, 3.8) is 0 Å². The van der Waals surface area contributed by atoms with Crippen LogP contribution in [-0.4, -0.2) is 4.98 Å².